The lowest BCUT2D eigenvalue weighted by atomic mass is 10.4. The monoisotopic (exact) mass is 334 g/mol. The van der Waals surface area contributed by atoms with Gasteiger partial charge in [0.25, 0.3) is 0 Å². The number of sulfonamides is 1. The molecule has 1 heterocycles. The molecule has 0 saturated heterocycles. The molecule has 6 nitrogen and oxygen atoms in total. The third kappa shape index (κ3) is 5.01. The maximum absolute atomic E-state index is 12.4. The second-order valence-electron chi connectivity index (χ2n) is 5.03. The molecule has 2 rings (SSSR count). The maximum atomic E-state index is 12.4. The molecular formula is C13H22N2O4S2. The van der Waals surface area contributed by atoms with Crippen molar-refractivity contribution in [2.24, 2.45) is 0 Å². The van der Waals surface area contributed by atoms with Crippen molar-refractivity contribution in [2.45, 2.75) is 36.4 Å². The van der Waals surface area contributed by atoms with Gasteiger partial charge in [0.05, 0.1) is 17.6 Å². The van der Waals surface area contributed by atoms with E-state index in [9.17, 15) is 8.42 Å². The highest BCUT2D eigenvalue weighted by atomic mass is 32.2. The summed E-state index contributed by atoms with van der Waals surface area (Å²) in [7, 11) is -0.422. The van der Waals surface area contributed by atoms with Crippen molar-refractivity contribution in [1.82, 2.24) is 10.0 Å². The van der Waals surface area contributed by atoms with E-state index in [4.69, 9.17) is 9.47 Å². The summed E-state index contributed by atoms with van der Waals surface area (Å²) in [4.78, 5) is 1.20. The number of ether oxygens (including phenoxy) is 2. The van der Waals surface area contributed by atoms with E-state index in [1.807, 2.05) is 0 Å². The third-order valence-electron chi connectivity index (χ3n) is 3.31. The van der Waals surface area contributed by atoms with E-state index in [2.05, 4.69) is 10.0 Å². The summed E-state index contributed by atoms with van der Waals surface area (Å²) < 4.78 is 37.5. The number of methoxy groups -OCH3 is 2. The highest BCUT2D eigenvalue weighted by Gasteiger charge is 2.24. The first-order valence-corrected chi connectivity index (χ1v) is 9.24. The Morgan fingerprint density at radius 3 is 2.81 bits per heavy atom. The summed E-state index contributed by atoms with van der Waals surface area (Å²) in [6, 6.07) is 2.20. The van der Waals surface area contributed by atoms with Crippen molar-refractivity contribution in [2.75, 3.05) is 27.4 Å². The molecule has 1 atom stereocenters. The largest absolute Gasteiger partial charge is 0.382 e. The van der Waals surface area contributed by atoms with Crippen LogP contribution in [0.1, 0.15) is 17.7 Å². The zero-order chi connectivity index (χ0) is 15.3. The molecule has 0 aliphatic heterocycles. The Kier molecular flexibility index (Phi) is 6.15. The lowest BCUT2D eigenvalue weighted by Gasteiger charge is -2.15. The molecule has 0 bridgehead atoms. The number of hydrogen-bond donors (Lipinski definition) is 2. The maximum Gasteiger partial charge on any atom is 0.241 e. The van der Waals surface area contributed by atoms with E-state index in [1.54, 1.807) is 18.6 Å². The molecule has 120 valence electrons. The van der Waals surface area contributed by atoms with Gasteiger partial charge in [-0.3, -0.25) is 0 Å². The average Bonchev–Trinajstić information content (AvgIpc) is 3.17. The van der Waals surface area contributed by atoms with Crippen molar-refractivity contribution < 1.29 is 17.9 Å². The molecule has 1 aromatic rings. The highest BCUT2D eigenvalue weighted by molar-refractivity contribution is 7.89. The van der Waals surface area contributed by atoms with Gasteiger partial charge in [0, 0.05) is 38.2 Å². The Labute approximate surface area is 129 Å². The molecule has 8 heteroatoms. The van der Waals surface area contributed by atoms with E-state index in [-0.39, 0.29) is 12.6 Å². The van der Waals surface area contributed by atoms with Crippen LogP contribution < -0.4 is 10.0 Å². The molecule has 1 aliphatic carbocycles. The first kappa shape index (κ1) is 16.9. The van der Waals surface area contributed by atoms with Crippen LogP contribution in [0.25, 0.3) is 0 Å². The SMILES string of the molecule is COCC(CNS(=O)(=O)c1ccsc1CNC1CC1)OC. The minimum atomic E-state index is -3.51. The minimum absolute atomic E-state index is 0.192. The fraction of sp³-hybridized carbons (Fsp3) is 0.692. The van der Waals surface area contributed by atoms with Crippen molar-refractivity contribution >= 4 is 21.4 Å². The van der Waals surface area contributed by atoms with Crippen LogP contribution in [0.3, 0.4) is 0 Å². The van der Waals surface area contributed by atoms with Gasteiger partial charge in [-0.05, 0) is 24.3 Å². The van der Waals surface area contributed by atoms with Gasteiger partial charge in [-0.1, -0.05) is 0 Å². The van der Waals surface area contributed by atoms with Gasteiger partial charge in [0.2, 0.25) is 10.0 Å². The van der Waals surface area contributed by atoms with Gasteiger partial charge < -0.3 is 14.8 Å². The zero-order valence-electron chi connectivity index (χ0n) is 12.3. The van der Waals surface area contributed by atoms with Crippen LogP contribution in [0.4, 0.5) is 0 Å². The van der Waals surface area contributed by atoms with Crippen LogP contribution in [0.2, 0.25) is 0 Å². The van der Waals surface area contributed by atoms with Gasteiger partial charge in [-0.15, -0.1) is 11.3 Å². The molecule has 2 N–H and O–H groups in total. The first-order valence-electron chi connectivity index (χ1n) is 6.88. The standard InChI is InChI=1S/C13H22N2O4S2/c1-18-9-11(19-2)7-15-21(16,17)13-5-6-20-12(13)8-14-10-3-4-10/h5-6,10-11,14-15H,3-4,7-9H2,1-2H3. The number of hydrogen-bond acceptors (Lipinski definition) is 6. The van der Waals surface area contributed by atoms with Gasteiger partial charge >= 0.3 is 0 Å². The molecule has 1 fully saturated rings. The summed E-state index contributed by atoms with van der Waals surface area (Å²) in [6.07, 6.45) is 2.06. The van der Waals surface area contributed by atoms with E-state index in [0.717, 1.165) is 4.88 Å². The second-order valence-corrected chi connectivity index (χ2v) is 7.76. The molecule has 1 aliphatic rings. The van der Waals surface area contributed by atoms with Crippen LogP contribution in [-0.2, 0) is 26.0 Å². The molecule has 1 saturated carbocycles. The summed E-state index contributed by atoms with van der Waals surface area (Å²) in [6.45, 7) is 1.14. The Morgan fingerprint density at radius 2 is 2.19 bits per heavy atom. The quantitative estimate of drug-likeness (QED) is 0.666. The fourth-order valence-electron chi connectivity index (χ4n) is 1.90. The topological polar surface area (TPSA) is 76.7 Å². The molecule has 21 heavy (non-hydrogen) atoms. The predicted octanol–water partition coefficient (Wildman–Crippen LogP) is 0.940. The zero-order valence-corrected chi connectivity index (χ0v) is 13.9. The van der Waals surface area contributed by atoms with Crippen LogP contribution >= 0.6 is 11.3 Å². The molecular weight excluding hydrogens is 312 g/mol. The van der Waals surface area contributed by atoms with Crippen molar-refractivity contribution in [3.8, 4) is 0 Å². The van der Waals surface area contributed by atoms with E-state index in [0.29, 0.717) is 24.1 Å². The van der Waals surface area contributed by atoms with Crippen LogP contribution in [0, 0.1) is 0 Å². The van der Waals surface area contributed by atoms with E-state index in [1.165, 1.54) is 31.3 Å². The lowest BCUT2D eigenvalue weighted by Crippen LogP contribution is -2.35. The third-order valence-corrected chi connectivity index (χ3v) is 5.87. The Balaban J connectivity index is 1.96. The molecule has 1 unspecified atom stereocenters. The van der Waals surface area contributed by atoms with Crippen molar-refractivity contribution in [3.63, 3.8) is 0 Å². The van der Waals surface area contributed by atoms with Crippen LogP contribution in [-0.4, -0.2) is 47.9 Å². The van der Waals surface area contributed by atoms with Gasteiger partial charge in [-0.25, -0.2) is 13.1 Å². The second kappa shape index (κ2) is 7.66. The predicted molar refractivity (Wildman–Crippen MR) is 82.0 cm³/mol. The highest BCUT2D eigenvalue weighted by Crippen LogP contribution is 2.24. The molecule has 0 amide bonds. The lowest BCUT2D eigenvalue weighted by molar-refractivity contribution is 0.0320. The fourth-order valence-corrected chi connectivity index (χ4v) is 4.36. The van der Waals surface area contributed by atoms with Crippen molar-refractivity contribution in [1.29, 1.82) is 0 Å². The summed E-state index contributed by atoms with van der Waals surface area (Å²) in [5, 5.41) is 5.15. The van der Waals surface area contributed by atoms with Crippen molar-refractivity contribution in [3.05, 3.63) is 16.3 Å². The molecule has 1 aromatic heterocycles. The van der Waals surface area contributed by atoms with Gasteiger partial charge in [0.15, 0.2) is 0 Å². The van der Waals surface area contributed by atoms with Gasteiger partial charge in [-0.2, -0.15) is 0 Å². The number of thiophene rings is 1. The van der Waals surface area contributed by atoms with Crippen LogP contribution in [0.5, 0.6) is 0 Å². The van der Waals surface area contributed by atoms with E-state index >= 15 is 0 Å². The summed E-state index contributed by atoms with van der Waals surface area (Å²) in [5.41, 5.74) is 0. The minimum Gasteiger partial charge on any atom is -0.382 e. The molecule has 0 spiro atoms. The number of nitrogens with one attached hydrogen (secondary N) is 2. The number of rotatable bonds is 10. The van der Waals surface area contributed by atoms with Crippen LogP contribution in [0.15, 0.2) is 16.3 Å². The normalized spacial score (nSPS) is 17.0. The Morgan fingerprint density at radius 1 is 1.43 bits per heavy atom. The molecule has 0 radical (unpaired) electrons. The summed E-state index contributed by atoms with van der Waals surface area (Å²) >= 11 is 1.46. The van der Waals surface area contributed by atoms with Gasteiger partial charge in [0.1, 0.15) is 0 Å². The smallest absolute Gasteiger partial charge is 0.241 e. The molecule has 0 aromatic carbocycles. The Bertz CT molecular complexity index is 540. The summed E-state index contributed by atoms with van der Waals surface area (Å²) in [5.74, 6) is 0. The average molecular weight is 334 g/mol. The Hall–Kier alpha value is -0.510. The van der Waals surface area contributed by atoms with E-state index < -0.39 is 10.0 Å². The first-order chi connectivity index (χ1) is 10.1.